The molecule has 0 bridgehead atoms. The summed E-state index contributed by atoms with van der Waals surface area (Å²) in [5.41, 5.74) is 0.604. The molecule has 0 aromatic carbocycles. The molecule has 0 unspecified atom stereocenters. The summed E-state index contributed by atoms with van der Waals surface area (Å²) in [7, 11) is -3.21. The second-order valence-electron chi connectivity index (χ2n) is 4.14. The monoisotopic (exact) mass is 311 g/mol. The van der Waals surface area contributed by atoms with Crippen LogP contribution in [0.2, 0.25) is 0 Å². The van der Waals surface area contributed by atoms with Crippen LogP contribution in [0, 0.1) is 11.8 Å². The smallest absolute Gasteiger partial charge is 0.271 e. The predicted molar refractivity (Wildman–Crippen MR) is 78.0 cm³/mol. The van der Waals surface area contributed by atoms with Crippen LogP contribution < -0.4 is 10.0 Å². The van der Waals surface area contributed by atoms with Crippen molar-refractivity contribution in [3.63, 3.8) is 0 Å². The lowest BCUT2D eigenvalue weighted by molar-refractivity contribution is 0.0948. The highest BCUT2D eigenvalue weighted by Gasteiger charge is 2.10. The first-order valence-corrected chi connectivity index (χ1v) is 8.11. The molecule has 21 heavy (non-hydrogen) atoms. The fourth-order valence-corrected chi connectivity index (χ4v) is 1.97. The number of carbonyl (C=O) groups is 1. The van der Waals surface area contributed by atoms with Crippen LogP contribution in [0.5, 0.6) is 0 Å². The summed E-state index contributed by atoms with van der Waals surface area (Å²) >= 11 is 0. The quantitative estimate of drug-likeness (QED) is 0.466. The maximum atomic E-state index is 11.9. The number of nitrogens with zero attached hydrogens (tertiary/aromatic N) is 1. The molecule has 0 aliphatic rings. The Hall–Kier alpha value is -1.95. The Kier molecular flexibility index (Phi) is 6.81. The van der Waals surface area contributed by atoms with Gasteiger partial charge in [0, 0.05) is 19.3 Å². The first-order valence-electron chi connectivity index (χ1n) is 6.21. The molecule has 114 valence electrons. The number of aromatic nitrogens is 1. The number of aliphatic hydroxyl groups is 1. The molecule has 0 atom stereocenters. The number of pyridine rings is 1. The fraction of sp³-hybridized carbons (Fsp3) is 0.385. The third-order valence-corrected chi connectivity index (χ3v) is 3.06. The van der Waals surface area contributed by atoms with Crippen LogP contribution in [0.4, 0.5) is 0 Å². The standard InChI is InChI=1S/C13H17N3O4S/c1-21(19,20)16-9-4-8-15-13(18)12-11(6-3-10-17)5-2-7-14-12/h2,5,7,16-17H,4,8-10H2,1H3,(H,15,18). The Balaban J connectivity index is 2.53. The van der Waals surface area contributed by atoms with E-state index in [-0.39, 0.29) is 18.8 Å². The van der Waals surface area contributed by atoms with Crippen molar-refractivity contribution in [2.24, 2.45) is 0 Å². The summed E-state index contributed by atoms with van der Waals surface area (Å²) in [5, 5.41) is 11.3. The zero-order chi connectivity index (χ0) is 15.7. The molecule has 0 aliphatic heterocycles. The number of aliphatic hydroxyl groups excluding tert-OH is 1. The summed E-state index contributed by atoms with van der Waals surface area (Å²) in [6.07, 6.45) is 3.01. The Labute approximate surface area is 123 Å². The van der Waals surface area contributed by atoms with Crippen LogP contribution in [0.15, 0.2) is 18.3 Å². The van der Waals surface area contributed by atoms with E-state index in [9.17, 15) is 13.2 Å². The highest BCUT2D eigenvalue weighted by Crippen LogP contribution is 2.03. The zero-order valence-electron chi connectivity index (χ0n) is 11.6. The van der Waals surface area contributed by atoms with E-state index >= 15 is 0 Å². The maximum Gasteiger partial charge on any atom is 0.271 e. The summed E-state index contributed by atoms with van der Waals surface area (Å²) in [4.78, 5) is 15.9. The van der Waals surface area contributed by atoms with Crippen molar-refractivity contribution in [3.05, 3.63) is 29.6 Å². The van der Waals surface area contributed by atoms with Crippen LogP contribution in [0.1, 0.15) is 22.5 Å². The zero-order valence-corrected chi connectivity index (χ0v) is 12.4. The molecule has 1 aromatic heterocycles. The average molecular weight is 311 g/mol. The lowest BCUT2D eigenvalue weighted by atomic mass is 10.2. The van der Waals surface area contributed by atoms with Crippen molar-refractivity contribution >= 4 is 15.9 Å². The van der Waals surface area contributed by atoms with Crippen molar-refractivity contribution in [2.45, 2.75) is 6.42 Å². The summed E-state index contributed by atoms with van der Waals surface area (Å²) in [6, 6.07) is 3.28. The minimum Gasteiger partial charge on any atom is -0.384 e. The Bertz CT molecular complexity index is 647. The van der Waals surface area contributed by atoms with Gasteiger partial charge in [0.25, 0.3) is 5.91 Å². The number of amides is 1. The van der Waals surface area contributed by atoms with Gasteiger partial charge in [0.1, 0.15) is 12.3 Å². The second kappa shape index (κ2) is 8.36. The van der Waals surface area contributed by atoms with E-state index in [1.807, 2.05) is 0 Å². The van der Waals surface area contributed by atoms with Crippen LogP contribution in [-0.2, 0) is 10.0 Å². The van der Waals surface area contributed by atoms with Gasteiger partial charge in [-0.05, 0) is 18.6 Å². The Morgan fingerprint density at radius 1 is 1.43 bits per heavy atom. The van der Waals surface area contributed by atoms with Gasteiger partial charge in [-0.15, -0.1) is 0 Å². The molecule has 0 spiro atoms. The predicted octanol–water partition coefficient (Wildman–Crippen LogP) is -0.905. The number of hydrogen-bond donors (Lipinski definition) is 3. The fourth-order valence-electron chi connectivity index (χ4n) is 1.45. The molecular weight excluding hydrogens is 294 g/mol. The highest BCUT2D eigenvalue weighted by molar-refractivity contribution is 7.88. The minimum atomic E-state index is -3.21. The third-order valence-electron chi connectivity index (χ3n) is 2.33. The number of carbonyl (C=O) groups excluding carboxylic acids is 1. The summed E-state index contributed by atoms with van der Waals surface area (Å²) in [5.74, 6) is 4.72. The molecule has 0 radical (unpaired) electrons. The molecule has 1 amide bonds. The van der Waals surface area contributed by atoms with Crippen LogP contribution >= 0.6 is 0 Å². The van der Waals surface area contributed by atoms with Crippen LogP contribution in [0.25, 0.3) is 0 Å². The number of nitrogens with one attached hydrogen (secondary N) is 2. The largest absolute Gasteiger partial charge is 0.384 e. The molecule has 0 aliphatic carbocycles. The molecule has 0 saturated heterocycles. The van der Waals surface area contributed by atoms with Gasteiger partial charge in [-0.2, -0.15) is 0 Å². The molecule has 3 N–H and O–H groups in total. The van der Waals surface area contributed by atoms with Crippen molar-refractivity contribution in [1.29, 1.82) is 0 Å². The summed E-state index contributed by atoms with van der Waals surface area (Å²) in [6.45, 7) is 0.260. The van der Waals surface area contributed by atoms with Crippen LogP contribution in [0.3, 0.4) is 0 Å². The van der Waals surface area contributed by atoms with E-state index in [1.54, 1.807) is 12.1 Å². The van der Waals surface area contributed by atoms with Gasteiger partial charge in [0.2, 0.25) is 10.0 Å². The second-order valence-corrected chi connectivity index (χ2v) is 5.97. The molecule has 1 aromatic rings. The Morgan fingerprint density at radius 2 is 2.19 bits per heavy atom. The number of hydrogen-bond acceptors (Lipinski definition) is 5. The normalized spacial score (nSPS) is 10.6. The van der Waals surface area contributed by atoms with E-state index < -0.39 is 15.9 Å². The molecule has 1 rings (SSSR count). The first-order chi connectivity index (χ1) is 9.94. The molecule has 8 heteroatoms. The van der Waals surface area contributed by atoms with Crippen LogP contribution in [-0.4, -0.2) is 50.4 Å². The van der Waals surface area contributed by atoms with E-state index in [4.69, 9.17) is 5.11 Å². The van der Waals surface area contributed by atoms with E-state index in [1.165, 1.54) is 6.20 Å². The average Bonchev–Trinajstić information content (AvgIpc) is 2.43. The molecule has 7 nitrogen and oxygen atoms in total. The Morgan fingerprint density at radius 3 is 2.86 bits per heavy atom. The highest BCUT2D eigenvalue weighted by atomic mass is 32.2. The van der Waals surface area contributed by atoms with Crippen molar-refractivity contribution < 1.29 is 18.3 Å². The third kappa shape index (κ3) is 6.85. The lowest BCUT2D eigenvalue weighted by Gasteiger charge is -2.06. The SMILES string of the molecule is CS(=O)(=O)NCCCNC(=O)c1ncccc1C#CCO. The number of rotatable bonds is 6. The van der Waals surface area contributed by atoms with E-state index in [0.717, 1.165) is 6.26 Å². The van der Waals surface area contributed by atoms with Gasteiger partial charge in [0.05, 0.1) is 11.8 Å². The van der Waals surface area contributed by atoms with Gasteiger partial charge in [0.15, 0.2) is 0 Å². The summed E-state index contributed by atoms with van der Waals surface area (Å²) < 4.78 is 24.0. The minimum absolute atomic E-state index is 0.175. The van der Waals surface area contributed by atoms with Crippen molar-refractivity contribution in [1.82, 2.24) is 15.0 Å². The first kappa shape index (κ1) is 17.1. The molecule has 0 fully saturated rings. The van der Waals surface area contributed by atoms with Gasteiger partial charge in [-0.25, -0.2) is 18.1 Å². The van der Waals surface area contributed by atoms with Crippen molar-refractivity contribution in [3.8, 4) is 11.8 Å². The van der Waals surface area contributed by atoms with Gasteiger partial charge in [-0.1, -0.05) is 11.8 Å². The maximum absolute atomic E-state index is 11.9. The topological polar surface area (TPSA) is 108 Å². The lowest BCUT2D eigenvalue weighted by Crippen LogP contribution is -2.30. The molecule has 0 saturated carbocycles. The molecular formula is C13H17N3O4S. The van der Waals surface area contributed by atoms with E-state index in [2.05, 4.69) is 26.9 Å². The van der Waals surface area contributed by atoms with Crippen molar-refractivity contribution in [2.75, 3.05) is 26.0 Å². The van der Waals surface area contributed by atoms with Gasteiger partial charge >= 0.3 is 0 Å². The van der Waals surface area contributed by atoms with Gasteiger partial charge < -0.3 is 10.4 Å². The van der Waals surface area contributed by atoms with Gasteiger partial charge in [-0.3, -0.25) is 4.79 Å². The van der Waals surface area contributed by atoms with E-state index in [0.29, 0.717) is 18.5 Å². The number of sulfonamides is 1. The molecule has 1 heterocycles.